The fourth-order valence-electron chi connectivity index (χ4n) is 3.73. The normalized spacial score (nSPS) is 29.1. The molecule has 2 saturated heterocycles. The molecule has 1 aromatic heterocycles. The van der Waals surface area contributed by atoms with Gasteiger partial charge in [-0.05, 0) is 19.8 Å². The summed E-state index contributed by atoms with van der Waals surface area (Å²) in [6, 6.07) is 10.2. The zero-order chi connectivity index (χ0) is 17.5. The van der Waals surface area contributed by atoms with Crippen LogP contribution in [0, 0.1) is 0 Å². The summed E-state index contributed by atoms with van der Waals surface area (Å²) < 4.78 is 11.3. The first-order valence-electron chi connectivity index (χ1n) is 8.66. The highest BCUT2D eigenvalue weighted by atomic mass is 16.5. The van der Waals surface area contributed by atoms with E-state index in [-0.39, 0.29) is 12.2 Å². The molecule has 3 heterocycles. The molecule has 2 N–H and O–H groups in total. The number of benzene rings is 1. The topological polar surface area (TPSA) is 91.9 Å². The van der Waals surface area contributed by atoms with Gasteiger partial charge in [-0.15, -0.1) is 0 Å². The van der Waals surface area contributed by atoms with Crippen LogP contribution in [0.1, 0.15) is 26.2 Å². The summed E-state index contributed by atoms with van der Waals surface area (Å²) in [6.45, 7) is 3.27. The van der Waals surface area contributed by atoms with Crippen LogP contribution in [0.2, 0.25) is 0 Å². The van der Waals surface area contributed by atoms with Crippen molar-refractivity contribution in [3.8, 4) is 11.4 Å². The summed E-state index contributed by atoms with van der Waals surface area (Å²) in [6.07, 6.45) is 1.10. The third-order valence-corrected chi connectivity index (χ3v) is 5.34. The van der Waals surface area contributed by atoms with Crippen molar-refractivity contribution in [2.45, 2.75) is 43.5 Å². The molecule has 2 aromatic rings. The average molecular weight is 345 g/mol. The Morgan fingerprint density at radius 1 is 1.20 bits per heavy atom. The van der Waals surface area contributed by atoms with Crippen LogP contribution in [0.3, 0.4) is 0 Å². The fourth-order valence-corrected chi connectivity index (χ4v) is 3.73. The van der Waals surface area contributed by atoms with Crippen LogP contribution in [0.5, 0.6) is 0 Å². The van der Waals surface area contributed by atoms with Gasteiger partial charge in [-0.2, -0.15) is 4.98 Å². The minimum atomic E-state index is -1.11. The molecule has 0 bridgehead atoms. The maximum atomic E-state index is 10.4. The Bertz CT molecular complexity index is 723. The lowest BCUT2D eigenvalue weighted by atomic mass is 9.77. The van der Waals surface area contributed by atoms with Gasteiger partial charge >= 0.3 is 6.01 Å². The van der Waals surface area contributed by atoms with E-state index in [0.29, 0.717) is 31.3 Å². The Morgan fingerprint density at radius 3 is 2.60 bits per heavy atom. The molecule has 0 amide bonds. The zero-order valence-electron chi connectivity index (χ0n) is 14.3. The van der Waals surface area contributed by atoms with Crippen LogP contribution >= 0.6 is 0 Å². The van der Waals surface area contributed by atoms with Crippen molar-refractivity contribution in [1.82, 2.24) is 10.1 Å². The highest BCUT2D eigenvalue weighted by Crippen LogP contribution is 2.40. The number of piperidine rings is 1. The van der Waals surface area contributed by atoms with Crippen molar-refractivity contribution in [2.75, 3.05) is 24.6 Å². The van der Waals surface area contributed by atoms with Gasteiger partial charge in [-0.1, -0.05) is 35.5 Å². The lowest BCUT2D eigenvalue weighted by Crippen LogP contribution is -2.59. The Labute approximate surface area is 146 Å². The molecule has 1 spiro atoms. The monoisotopic (exact) mass is 345 g/mol. The quantitative estimate of drug-likeness (QED) is 0.854. The highest BCUT2D eigenvalue weighted by molar-refractivity contribution is 5.55. The molecule has 134 valence electrons. The predicted octanol–water partition coefficient (Wildman–Crippen LogP) is 1.61. The molecular weight excluding hydrogens is 322 g/mol. The number of aromatic nitrogens is 2. The van der Waals surface area contributed by atoms with E-state index in [9.17, 15) is 10.2 Å². The maximum Gasteiger partial charge on any atom is 0.324 e. The summed E-state index contributed by atoms with van der Waals surface area (Å²) in [5, 5.41) is 24.3. The number of ether oxygens (including phenoxy) is 1. The van der Waals surface area contributed by atoms with Crippen LogP contribution in [-0.2, 0) is 4.74 Å². The second kappa shape index (κ2) is 6.09. The van der Waals surface area contributed by atoms with Gasteiger partial charge in [-0.25, -0.2) is 0 Å². The molecule has 4 rings (SSSR count). The van der Waals surface area contributed by atoms with Crippen LogP contribution in [0.25, 0.3) is 11.4 Å². The van der Waals surface area contributed by atoms with E-state index in [2.05, 4.69) is 10.1 Å². The van der Waals surface area contributed by atoms with Gasteiger partial charge in [-0.3, -0.25) is 0 Å². The number of aliphatic hydroxyl groups is 2. The summed E-state index contributed by atoms with van der Waals surface area (Å²) in [7, 11) is 0. The van der Waals surface area contributed by atoms with Crippen molar-refractivity contribution < 1.29 is 19.5 Å². The third kappa shape index (κ3) is 3.15. The Balaban J connectivity index is 1.44. The Kier molecular flexibility index (Phi) is 4.02. The third-order valence-electron chi connectivity index (χ3n) is 5.34. The number of nitrogens with zero attached hydrogens (tertiary/aromatic N) is 3. The molecule has 2 fully saturated rings. The standard InChI is InChI=1S/C18H23N3O4/c1-17(23)12-18(24-11-14(17)22)7-9-21(10-8-18)16-19-15(20-25-16)13-5-3-2-4-6-13/h2-6,14,22-23H,7-12H2,1H3/t14-,17-/m0/s1. The maximum absolute atomic E-state index is 10.4. The van der Waals surface area contributed by atoms with E-state index in [1.807, 2.05) is 35.2 Å². The van der Waals surface area contributed by atoms with E-state index < -0.39 is 11.7 Å². The summed E-state index contributed by atoms with van der Waals surface area (Å²) in [5.41, 5.74) is -0.570. The Morgan fingerprint density at radius 2 is 1.92 bits per heavy atom. The average Bonchev–Trinajstić information content (AvgIpc) is 3.10. The number of rotatable bonds is 2. The van der Waals surface area contributed by atoms with Gasteiger partial charge in [0.2, 0.25) is 5.82 Å². The van der Waals surface area contributed by atoms with E-state index in [1.165, 1.54) is 0 Å². The van der Waals surface area contributed by atoms with E-state index in [1.54, 1.807) is 6.92 Å². The zero-order valence-corrected chi connectivity index (χ0v) is 14.3. The molecule has 7 heteroatoms. The number of hydrogen-bond acceptors (Lipinski definition) is 7. The molecule has 25 heavy (non-hydrogen) atoms. The van der Waals surface area contributed by atoms with Crippen molar-refractivity contribution in [3.05, 3.63) is 30.3 Å². The van der Waals surface area contributed by atoms with Gasteiger partial charge in [0.1, 0.15) is 6.10 Å². The minimum absolute atomic E-state index is 0.172. The molecule has 0 aliphatic carbocycles. The Hall–Kier alpha value is -1.96. The molecule has 1 aromatic carbocycles. The SMILES string of the molecule is C[C@]1(O)CC2(CCN(c3nc(-c4ccccc4)no3)CC2)OC[C@@H]1O. The summed E-state index contributed by atoms with van der Waals surface area (Å²) >= 11 is 0. The van der Waals surface area contributed by atoms with Gasteiger partial charge in [0.25, 0.3) is 0 Å². The number of hydrogen-bond donors (Lipinski definition) is 2. The van der Waals surface area contributed by atoms with Crippen molar-refractivity contribution >= 4 is 6.01 Å². The molecule has 0 saturated carbocycles. The number of aliphatic hydroxyl groups excluding tert-OH is 1. The first kappa shape index (κ1) is 16.5. The van der Waals surface area contributed by atoms with Crippen LogP contribution < -0.4 is 4.90 Å². The van der Waals surface area contributed by atoms with Gasteiger partial charge in [0, 0.05) is 25.1 Å². The molecule has 2 aliphatic heterocycles. The lowest BCUT2D eigenvalue weighted by molar-refractivity contribution is -0.216. The molecule has 2 aliphatic rings. The highest BCUT2D eigenvalue weighted by Gasteiger charge is 2.48. The number of anilines is 1. The van der Waals surface area contributed by atoms with E-state index in [4.69, 9.17) is 9.26 Å². The second-order valence-electron chi connectivity index (χ2n) is 7.30. The van der Waals surface area contributed by atoms with Crippen molar-refractivity contribution in [2.24, 2.45) is 0 Å². The van der Waals surface area contributed by atoms with Gasteiger partial charge < -0.3 is 24.4 Å². The first-order valence-corrected chi connectivity index (χ1v) is 8.66. The lowest BCUT2D eigenvalue weighted by Gasteiger charge is -2.49. The minimum Gasteiger partial charge on any atom is -0.388 e. The molecule has 2 atom stereocenters. The largest absolute Gasteiger partial charge is 0.388 e. The van der Waals surface area contributed by atoms with Gasteiger partial charge in [0.05, 0.1) is 17.8 Å². The van der Waals surface area contributed by atoms with Crippen molar-refractivity contribution in [1.29, 1.82) is 0 Å². The summed E-state index contributed by atoms with van der Waals surface area (Å²) in [5.74, 6) is 0.579. The van der Waals surface area contributed by atoms with Crippen LogP contribution in [0.4, 0.5) is 6.01 Å². The fraction of sp³-hybridized carbons (Fsp3) is 0.556. The van der Waals surface area contributed by atoms with Crippen LogP contribution in [0.15, 0.2) is 34.9 Å². The first-order chi connectivity index (χ1) is 12.0. The summed E-state index contributed by atoms with van der Waals surface area (Å²) in [4.78, 5) is 6.55. The van der Waals surface area contributed by atoms with Crippen molar-refractivity contribution in [3.63, 3.8) is 0 Å². The smallest absolute Gasteiger partial charge is 0.324 e. The molecule has 0 unspecified atom stereocenters. The van der Waals surface area contributed by atoms with Gasteiger partial charge in [0.15, 0.2) is 0 Å². The van der Waals surface area contributed by atoms with Crippen LogP contribution in [-0.4, -0.2) is 57.4 Å². The molecule has 7 nitrogen and oxygen atoms in total. The second-order valence-corrected chi connectivity index (χ2v) is 7.30. The van der Waals surface area contributed by atoms with E-state index in [0.717, 1.165) is 18.4 Å². The predicted molar refractivity (Wildman–Crippen MR) is 91.1 cm³/mol. The molecular formula is C18H23N3O4. The molecule has 0 radical (unpaired) electrons. The van der Waals surface area contributed by atoms with E-state index >= 15 is 0 Å².